The van der Waals surface area contributed by atoms with Crippen LogP contribution in [0.4, 0.5) is 32.0 Å². The minimum Gasteiger partial charge on any atom is -0.497 e. The van der Waals surface area contributed by atoms with Gasteiger partial charge in [0.2, 0.25) is 18.0 Å². The molecule has 0 saturated heterocycles. The third kappa shape index (κ3) is 8.20. The number of benzodiazepines with no additional fused rings is 1. The molecular formula is C26H26F6N4O4. The molecule has 0 radical (unpaired) electrons. The van der Waals surface area contributed by atoms with Crippen LogP contribution in [0.15, 0.2) is 53.5 Å². The molecule has 3 amide bonds. The molecule has 8 nitrogen and oxygen atoms in total. The zero-order valence-corrected chi connectivity index (χ0v) is 21.1. The number of alkyl halides is 6. The summed E-state index contributed by atoms with van der Waals surface area (Å²) >= 11 is 0. The number of hydrogen-bond donors (Lipinski definition) is 3. The maximum absolute atomic E-state index is 13.2. The Hall–Kier alpha value is -4.10. The van der Waals surface area contributed by atoms with E-state index in [0.29, 0.717) is 22.6 Å². The molecule has 3 atom stereocenters. The highest BCUT2D eigenvalue weighted by molar-refractivity contribution is 6.20. The number of ether oxygens (including phenoxy) is 1. The van der Waals surface area contributed by atoms with E-state index in [1.165, 1.54) is 13.2 Å². The van der Waals surface area contributed by atoms with E-state index >= 15 is 0 Å². The summed E-state index contributed by atoms with van der Waals surface area (Å²) in [5, 5.41) is 4.79. The van der Waals surface area contributed by atoms with E-state index in [0.717, 1.165) is 0 Å². The van der Waals surface area contributed by atoms with Crippen molar-refractivity contribution in [2.24, 2.45) is 22.6 Å². The lowest BCUT2D eigenvalue weighted by atomic mass is 9.83. The van der Waals surface area contributed by atoms with Crippen LogP contribution < -0.4 is 21.1 Å². The van der Waals surface area contributed by atoms with E-state index in [-0.39, 0.29) is 5.71 Å². The molecule has 14 heteroatoms. The first-order valence-electron chi connectivity index (χ1n) is 12.0. The van der Waals surface area contributed by atoms with Crippen LogP contribution in [0.2, 0.25) is 0 Å². The Morgan fingerprint density at radius 2 is 1.60 bits per heavy atom. The molecule has 0 bridgehead atoms. The quantitative estimate of drug-likeness (QED) is 0.367. The molecule has 0 saturated carbocycles. The first kappa shape index (κ1) is 30.4. The average molecular weight is 573 g/mol. The smallest absolute Gasteiger partial charge is 0.389 e. The van der Waals surface area contributed by atoms with Gasteiger partial charge in [0.25, 0.3) is 5.91 Å². The van der Waals surface area contributed by atoms with Crippen molar-refractivity contribution in [2.45, 2.75) is 44.2 Å². The van der Waals surface area contributed by atoms with Crippen molar-refractivity contribution in [1.82, 2.24) is 5.32 Å². The van der Waals surface area contributed by atoms with Crippen LogP contribution in [0.1, 0.15) is 36.8 Å². The molecule has 3 rings (SSSR count). The number of nitrogens with zero attached hydrogens (tertiary/aromatic N) is 1. The number of nitrogens with one attached hydrogen (secondary N) is 2. The molecule has 2 unspecified atom stereocenters. The zero-order valence-electron chi connectivity index (χ0n) is 21.1. The summed E-state index contributed by atoms with van der Waals surface area (Å²) < 4.78 is 82.9. The van der Waals surface area contributed by atoms with Gasteiger partial charge in [0.05, 0.1) is 18.5 Å². The van der Waals surface area contributed by atoms with Crippen molar-refractivity contribution >= 4 is 29.1 Å². The van der Waals surface area contributed by atoms with Crippen LogP contribution in [0.3, 0.4) is 0 Å². The molecule has 216 valence electrons. The number of benzene rings is 2. The number of halogens is 6. The number of nitrogens with two attached hydrogens (primary N) is 1. The maximum atomic E-state index is 13.2. The number of fused-ring (bicyclic) bond motifs is 1. The van der Waals surface area contributed by atoms with Crippen molar-refractivity contribution in [3.05, 3.63) is 59.7 Å². The lowest BCUT2D eigenvalue weighted by Crippen LogP contribution is -2.48. The summed E-state index contributed by atoms with van der Waals surface area (Å²) in [6.45, 7) is 0. The van der Waals surface area contributed by atoms with E-state index in [1.54, 1.807) is 42.5 Å². The third-order valence-electron chi connectivity index (χ3n) is 6.24. The van der Waals surface area contributed by atoms with Crippen LogP contribution in [0, 0.1) is 11.8 Å². The molecular weight excluding hydrogens is 546 g/mol. The largest absolute Gasteiger partial charge is 0.497 e. The number of hydrogen-bond acceptors (Lipinski definition) is 5. The highest BCUT2D eigenvalue weighted by atomic mass is 19.4. The second-order valence-corrected chi connectivity index (χ2v) is 9.08. The number of primary amides is 1. The molecule has 0 aromatic heterocycles. The molecule has 1 aliphatic rings. The lowest BCUT2D eigenvalue weighted by molar-refractivity contribution is -0.152. The second kappa shape index (κ2) is 12.4. The predicted molar refractivity (Wildman–Crippen MR) is 132 cm³/mol. The number of methoxy groups -OCH3 is 1. The maximum Gasteiger partial charge on any atom is 0.389 e. The molecule has 0 fully saturated rings. The van der Waals surface area contributed by atoms with Crippen molar-refractivity contribution in [1.29, 1.82) is 0 Å². The number of rotatable bonds is 10. The minimum atomic E-state index is -4.77. The second-order valence-electron chi connectivity index (χ2n) is 9.08. The molecule has 40 heavy (non-hydrogen) atoms. The van der Waals surface area contributed by atoms with Gasteiger partial charge >= 0.3 is 12.4 Å². The number of amides is 3. The zero-order chi connectivity index (χ0) is 29.7. The molecule has 0 spiro atoms. The minimum absolute atomic E-state index is 0.216. The normalized spacial score (nSPS) is 17.0. The van der Waals surface area contributed by atoms with E-state index in [2.05, 4.69) is 15.6 Å². The Bertz CT molecular complexity index is 1260. The number of carbonyl (C=O) groups excluding carboxylic acids is 3. The van der Waals surface area contributed by atoms with Gasteiger partial charge < -0.3 is 21.1 Å². The number of aliphatic imine (C=N–C) groups is 1. The Kier molecular flexibility index (Phi) is 9.43. The molecule has 1 heterocycles. The summed E-state index contributed by atoms with van der Waals surface area (Å²) in [6.07, 6.45) is -16.4. The van der Waals surface area contributed by atoms with Gasteiger partial charge in [-0.2, -0.15) is 26.3 Å². The van der Waals surface area contributed by atoms with E-state index in [4.69, 9.17) is 10.5 Å². The Labute approximate surface area is 225 Å². The van der Waals surface area contributed by atoms with E-state index in [1.807, 2.05) is 0 Å². The van der Waals surface area contributed by atoms with Gasteiger partial charge in [-0.15, -0.1) is 0 Å². The first-order valence-corrected chi connectivity index (χ1v) is 12.0. The van der Waals surface area contributed by atoms with Gasteiger partial charge in [-0.3, -0.25) is 14.4 Å². The molecule has 2 aromatic rings. The van der Waals surface area contributed by atoms with Gasteiger partial charge in [0.15, 0.2) is 0 Å². The summed E-state index contributed by atoms with van der Waals surface area (Å²) in [6, 6.07) is 13.1. The number of carbonyl (C=O) groups is 3. The Balaban J connectivity index is 2.00. The fourth-order valence-electron chi connectivity index (χ4n) is 4.27. The molecule has 1 aliphatic heterocycles. The van der Waals surface area contributed by atoms with Crippen molar-refractivity contribution in [2.75, 3.05) is 12.4 Å². The van der Waals surface area contributed by atoms with Crippen molar-refractivity contribution < 1.29 is 45.5 Å². The standard InChI is InChI=1S/C26H26F6N4O4/c1-40-15-7-8-19-18(13-15)20(14-5-3-2-4-6-14)35-22(24(39)34-19)36-23(38)17(10-12-26(30,31)32)16(21(33)37)9-11-25(27,28)29/h2-8,13,16-17,22H,9-12H2,1H3,(H2,33,37)(H,34,39)(H,36,38)/t16?,17?,22-/m1/s1. The highest BCUT2D eigenvalue weighted by Crippen LogP contribution is 2.33. The van der Waals surface area contributed by atoms with Crippen molar-refractivity contribution in [3.8, 4) is 5.75 Å². The van der Waals surface area contributed by atoms with Gasteiger partial charge in [0, 0.05) is 35.8 Å². The van der Waals surface area contributed by atoms with Crippen LogP contribution in [0.25, 0.3) is 0 Å². The van der Waals surface area contributed by atoms with E-state index in [9.17, 15) is 40.7 Å². The third-order valence-corrected chi connectivity index (χ3v) is 6.24. The number of anilines is 1. The fourth-order valence-corrected chi connectivity index (χ4v) is 4.27. The molecule has 2 aromatic carbocycles. The first-order chi connectivity index (χ1) is 18.7. The SMILES string of the molecule is COc1ccc2c(c1)C(c1ccccc1)=N[C@H](NC(=O)C(CCC(F)(F)F)C(CCC(F)(F)F)C(N)=O)C(=O)N2. The van der Waals surface area contributed by atoms with Gasteiger partial charge in [-0.05, 0) is 31.0 Å². The van der Waals surface area contributed by atoms with Gasteiger partial charge in [-0.1, -0.05) is 30.3 Å². The summed E-state index contributed by atoms with van der Waals surface area (Å²) in [5.41, 5.74) is 6.66. The monoisotopic (exact) mass is 572 g/mol. The van der Waals surface area contributed by atoms with Gasteiger partial charge in [-0.25, -0.2) is 4.99 Å². The van der Waals surface area contributed by atoms with Crippen molar-refractivity contribution in [3.63, 3.8) is 0 Å². The van der Waals surface area contributed by atoms with Crippen LogP contribution >= 0.6 is 0 Å². The highest BCUT2D eigenvalue weighted by Gasteiger charge is 2.40. The molecule has 4 N–H and O–H groups in total. The average Bonchev–Trinajstić information content (AvgIpc) is 3.00. The Morgan fingerprint density at radius 3 is 2.15 bits per heavy atom. The predicted octanol–water partition coefficient (Wildman–Crippen LogP) is 4.33. The Morgan fingerprint density at radius 1 is 1.00 bits per heavy atom. The van der Waals surface area contributed by atoms with Crippen LogP contribution in [-0.2, 0) is 14.4 Å². The topological polar surface area (TPSA) is 123 Å². The molecule has 0 aliphatic carbocycles. The van der Waals surface area contributed by atoms with Gasteiger partial charge in [0.1, 0.15) is 5.75 Å². The van der Waals surface area contributed by atoms with Crippen LogP contribution in [-0.4, -0.2) is 49.1 Å². The summed E-state index contributed by atoms with van der Waals surface area (Å²) in [5.74, 6) is -6.88. The summed E-state index contributed by atoms with van der Waals surface area (Å²) in [4.78, 5) is 42.7. The fraction of sp³-hybridized carbons (Fsp3) is 0.385. The lowest BCUT2D eigenvalue weighted by Gasteiger charge is -2.26. The van der Waals surface area contributed by atoms with Crippen LogP contribution in [0.5, 0.6) is 5.75 Å². The summed E-state index contributed by atoms with van der Waals surface area (Å²) in [7, 11) is 1.42. The van der Waals surface area contributed by atoms with E-state index < -0.39 is 73.8 Å².